The molecule has 0 N–H and O–H groups in total. The Hall–Kier alpha value is -3.51. The maximum atomic E-state index is 12.0. The van der Waals surface area contributed by atoms with Crippen molar-refractivity contribution in [2.75, 3.05) is 0 Å². The van der Waals surface area contributed by atoms with Gasteiger partial charge in [-0.2, -0.15) is 0 Å². The van der Waals surface area contributed by atoms with Crippen molar-refractivity contribution in [2.24, 2.45) is 0 Å². The average Bonchev–Trinajstić information content (AvgIpc) is 3.12. The number of para-hydroxylation sites is 1. The van der Waals surface area contributed by atoms with Gasteiger partial charge in [0, 0.05) is 18.3 Å². The molecule has 2 aromatic carbocycles. The molecule has 6 heteroatoms. The summed E-state index contributed by atoms with van der Waals surface area (Å²) in [6.07, 6.45) is 4.69. The molecule has 4 aromatic rings. The molecular formula is C21H14N2O3S. The molecule has 0 atom stereocenters. The minimum Gasteiger partial charge on any atom is -0.439 e. The van der Waals surface area contributed by atoms with Gasteiger partial charge in [-0.3, -0.25) is 0 Å². The third-order valence-electron chi connectivity index (χ3n) is 3.57. The predicted octanol–water partition coefficient (Wildman–Crippen LogP) is 5.10. The van der Waals surface area contributed by atoms with E-state index in [1.54, 1.807) is 42.6 Å². The number of rotatable bonds is 5. The number of hydrogen-bond donors (Lipinski definition) is 0. The molecule has 5 nitrogen and oxygen atoms in total. The third kappa shape index (κ3) is 4.37. The lowest BCUT2D eigenvalue weighted by Crippen LogP contribution is -2.03. The maximum Gasteiger partial charge on any atom is 0.336 e. The summed E-state index contributed by atoms with van der Waals surface area (Å²) in [5, 5.41) is 0.757. The zero-order valence-electron chi connectivity index (χ0n) is 14.1. The van der Waals surface area contributed by atoms with Crippen LogP contribution in [0.15, 0.2) is 79.0 Å². The second kappa shape index (κ2) is 7.80. The molecule has 0 saturated heterocycles. The van der Waals surface area contributed by atoms with E-state index in [1.807, 2.05) is 36.4 Å². The lowest BCUT2D eigenvalue weighted by Gasteiger charge is -2.05. The molecule has 0 bridgehead atoms. The van der Waals surface area contributed by atoms with Crippen molar-refractivity contribution in [3.05, 3.63) is 84.0 Å². The summed E-state index contributed by atoms with van der Waals surface area (Å²) in [7, 11) is 0. The highest BCUT2D eigenvalue weighted by atomic mass is 32.1. The quantitative estimate of drug-likeness (QED) is 0.276. The van der Waals surface area contributed by atoms with E-state index in [0.717, 1.165) is 15.2 Å². The first-order chi connectivity index (χ1) is 13.3. The molecule has 0 aliphatic rings. The number of thiazole rings is 1. The van der Waals surface area contributed by atoms with Gasteiger partial charge in [-0.25, -0.2) is 14.8 Å². The van der Waals surface area contributed by atoms with Crippen LogP contribution >= 0.6 is 11.3 Å². The van der Waals surface area contributed by atoms with Crippen LogP contribution in [0.1, 0.15) is 5.01 Å². The van der Waals surface area contributed by atoms with Gasteiger partial charge in [-0.15, -0.1) is 11.3 Å². The summed E-state index contributed by atoms with van der Waals surface area (Å²) in [6, 6.07) is 20.0. The second-order valence-electron chi connectivity index (χ2n) is 5.52. The van der Waals surface area contributed by atoms with Crippen molar-refractivity contribution >= 4 is 33.6 Å². The number of hydrogen-bond acceptors (Lipinski definition) is 6. The van der Waals surface area contributed by atoms with Gasteiger partial charge in [-0.1, -0.05) is 18.2 Å². The fraction of sp³-hybridized carbons (Fsp3) is 0. The van der Waals surface area contributed by atoms with Crippen molar-refractivity contribution in [1.82, 2.24) is 9.97 Å². The van der Waals surface area contributed by atoms with Crippen molar-refractivity contribution in [3.63, 3.8) is 0 Å². The number of fused-ring (bicyclic) bond motifs is 1. The normalized spacial score (nSPS) is 11.0. The van der Waals surface area contributed by atoms with E-state index in [9.17, 15) is 4.79 Å². The first-order valence-electron chi connectivity index (χ1n) is 8.21. The molecule has 0 aliphatic heterocycles. The van der Waals surface area contributed by atoms with E-state index in [0.29, 0.717) is 17.4 Å². The molecule has 27 heavy (non-hydrogen) atoms. The molecule has 0 fully saturated rings. The van der Waals surface area contributed by atoms with Crippen molar-refractivity contribution < 1.29 is 14.3 Å². The average molecular weight is 374 g/mol. The zero-order chi connectivity index (χ0) is 18.5. The molecule has 2 heterocycles. The van der Waals surface area contributed by atoms with Crippen LogP contribution in [-0.4, -0.2) is 15.9 Å². The standard InChI is InChI=1S/C21H14N2O3S/c24-21(13-12-20-23-17-5-1-2-6-18(17)27-20)26-16-10-8-15(9-11-16)25-19-7-3-4-14-22-19/h1-14H/b13-12+. The fourth-order valence-electron chi connectivity index (χ4n) is 2.35. The van der Waals surface area contributed by atoms with Gasteiger partial charge in [-0.05, 0) is 48.5 Å². The molecule has 0 unspecified atom stereocenters. The summed E-state index contributed by atoms with van der Waals surface area (Å²) in [5.74, 6) is 1.08. The number of aromatic nitrogens is 2. The van der Waals surface area contributed by atoms with Gasteiger partial charge < -0.3 is 9.47 Å². The van der Waals surface area contributed by atoms with Crippen LogP contribution < -0.4 is 9.47 Å². The molecule has 0 radical (unpaired) electrons. The molecule has 132 valence electrons. The second-order valence-corrected chi connectivity index (χ2v) is 6.58. The van der Waals surface area contributed by atoms with Gasteiger partial charge in [0.15, 0.2) is 0 Å². The van der Waals surface area contributed by atoms with Gasteiger partial charge in [0.25, 0.3) is 0 Å². The van der Waals surface area contributed by atoms with Crippen molar-refractivity contribution in [1.29, 1.82) is 0 Å². The van der Waals surface area contributed by atoms with E-state index in [4.69, 9.17) is 9.47 Å². The zero-order valence-corrected chi connectivity index (χ0v) is 14.9. The van der Waals surface area contributed by atoms with E-state index in [-0.39, 0.29) is 0 Å². The number of nitrogens with zero attached hydrogens (tertiary/aromatic N) is 2. The van der Waals surface area contributed by atoms with Crippen LogP contribution in [-0.2, 0) is 4.79 Å². The summed E-state index contributed by atoms with van der Waals surface area (Å²) < 4.78 is 12.0. The van der Waals surface area contributed by atoms with Crippen molar-refractivity contribution in [3.8, 4) is 17.4 Å². The molecular weight excluding hydrogens is 360 g/mol. The summed E-state index contributed by atoms with van der Waals surface area (Å²) in [6.45, 7) is 0. The Bertz CT molecular complexity index is 1060. The molecule has 2 aromatic heterocycles. The highest BCUT2D eigenvalue weighted by molar-refractivity contribution is 7.19. The number of pyridine rings is 1. The topological polar surface area (TPSA) is 61.3 Å². The summed E-state index contributed by atoms with van der Waals surface area (Å²) >= 11 is 1.52. The number of ether oxygens (including phenoxy) is 2. The number of carbonyl (C=O) groups excluding carboxylic acids is 1. The number of benzene rings is 2. The number of carbonyl (C=O) groups is 1. The molecule has 0 saturated carbocycles. The largest absolute Gasteiger partial charge is 0.439 e. The van der Waals surface area contributed by atoms with Crippen LogP contribution in [0.4, 0.5) is 0 Å². The first-order valence-corrected chi connectivity index (χ1v) is 9.02. The lowest BCUT2D eigenvalue weighted by molar-refractivity contribution is -0.128. The summed E-state index contributed by atoms with van der Waals surface area (Å²) in [4.78, 5) is 20.5. The maximum absolute atomic E-state index is 12.0. The SMILES string of the molecule is O=C(/C=C/c1nc2ccccc2s1)Oc1ccc(Oc2ccccn2)cc1. The van der Waals surface area contributed by atoms with Gasteiger partial charge in [0.05, 0.1) is 10.2 Å². The highest BCUT2D eigenvalue weighted by Gasteiger charge is 2.04. The Morgan fingerprint density at radius 3 is 2.48 bits per heavy atom. The molecule has 0 amide bonds. The van der Waals surface area contributed by atoms with Crippen molar-refractivity contribution in [2.45, 2.75) is 0 Å². The molecule has 0 spiro atoms. The van der Waals surface area contributed by atoms with E-state index in [2.05, 4.69) is 9.97 Å². The molecule has 0 aliphatic carbocycles. The van der Waals surface area contributed by atoms with Crippen LogP contribution in [0.3, 0.4) is 0 Å². The predicted molar refractivity (Wildman–Crippen MR) is 105 cm³/mol. The van der Waals surface area contributed by atoms with Gasteiger partial charge in [0.2, 0.25) is 5.88 Å². The smallest absolute Gasteiger partial charge is 0.336 e. The Balaban J connectivity index is 1.37. The third-order valence-corrected chi connectivity index (χ3v) is 4.58. The van der Waals surface area contributed by atoms with E-state index < -0.39 is 5.97 Å². The Labute approximate surface area is 159 Å². The Morgan fingerprint density at radius 1 is 0.926 bits per heavy atom. The fourth-order valence-corrected chi connectivity index (χ4v) is 3.23. The Kier molecular flexibility index (Phi) is 4.89. The van der Waals surface area contributed by atoms with E-state index in [1.165, 1.54) is 17.4 Å². The number of esters is 1. The van der Waals surface area contributed by atoms with Crippen LogP contribution in [0, 0.1) is 0 Å². The minimum atomic E-state index is -0.465. The van der Waals surface area contributed by atoms with Crippen LogP contribution in [0.5, 0.6) is 17.4 Å². The first kappa shape index (κ1) is 16.9. The summed E-state index contributed by atoms with van der Waals surface area (Å²) in [5.41, 5.74) is 0.916. The molecule has 4 rings (SSSR count). The van der Waals surface area contributed by atoms with Crippen LogP contribution in [0.2, 0.25) is 0 Å². The van der Waals surface area contributed by atoms with Gasteiger partial charge in [0.1, 0.15) is 16.5 Å². The highest BCUT2D eigenvalue weighted by Crippen LogP contribution is 2.24. The minimum absolute atomic E-state index is 0.433. The van der Waals surface area contributed by atoms with E-state index >= 15 is 0 Å². The Morgan fingerprint density at radius 2 is 1.70 bits per heavy atom. The van der Waals surface area contributed by atoms with Crippen LogP contribution in [0.25, 0.3) is 16.3 Å². The van der Waals surface area contributed by atoms with Gasteiger partial charge >= 0.3 is 5.97 Å². The lowest BCUT2D eigenvalue weighted by atomic mass is 10.3. The monoisotopic (exact) mass is 374 g/mol.